The van der Waals surface area contributed by atoms with Crippen LogP contribution in [-0.2, 0) is 0 Å². The molecule has 0 amide bonds. The highest BCUT2D eigenvalue weighted by atomic mass is 32.1. The summed E-state index contributed by atoms with van der Waals surface area (Å²) in [6, 6.07) is 46.7. The molecule has 200 valence electrons. The summed E-state index contributed by atoms with van der Waals surface area (Å²) in [5.41, 5.74) is 5.00. The molecular formula is C35H32N2O2S. The van der Waals surface area contributed by atoms with Crippen LogP contribution in [0.1, 0.15) is 28.8 Å². The van der Waals surface area contributed by atoms with Gasteiger partial charge in [0, 0.05) is 5.56 Å². The number of rotatable bonds is 10. The van der Waals surface area contributed by atoms with Gasteiger partial charge >= 0.3 is 0 Å². The summed E-state index contributed by atoms with van der Waals surface area (Å²) in [5, 5.41) is 3.75. The quantitative estimate of drug-likeness (QED) is 0.179. The fourth-order valence-electron chi connectivity index (χ4n) is 5.05. The Morgan fingerprint density at radius 2 is 1.00 bits per heavy atom. The average Bonchev–Trinajstić information content (AvgIpc) is 3.04. The van der Waals surface area contributed by atoms with Crippen LogP contribution in [0.4, 0.5) is 11.4 Å². The lowest BCUT2D eigenvalue weighted by atomic mass is 9.90. The molecule has 1 N–H and O–H groups in total. The van der Waals surface area contributed by atoms with Crippen molar-refractivity contribution in [3.63, 3.8) is 0 Å². The molecule has 4 nitrogen and oxygen atoms in total. The maximum Gasteiger partial charge on any atom is 0.142 e. The molecule has 0 aromatic heterocycles. The van der Waals surface area contributed by atoms with E-state index in [-0.39, 0.29) is 12.1 Å². The summed E-state index contributed by atoms with van der Waals surface area (Å²) in [6.07, 6.45) is 0. The molecule has 0 aliphatic heterocycles. The van der Waals surface area contributed by atoms with E-state index in [0.717, 1.165) is 39.6 Å². The fourth-order valence-corrected chi connectivity index (χ4v) is 5.31. The maximum atomic E-state index is 6.00. The molecule has 0 saturated heterocycles. The Morgan fingerprint density at radius 3 is 1.50 bits per heavy atom. The summed E-state index contributed by atoms with van der Waals surface area (Å²) in [6.45, 7) is 0. The molecule has 0 fully saturated rings. The third-order valence-corrected chi connectivity index (χ3v) is 7.26. The molecule has 0 spiro atoms. The minimum atomic E-state index is -0.252. The second kappa shape index (κ2) is 13.0. The monoisotopic (exact) mass is 544 g/mol. The Bertz CT molecular complexity index is 1480. The molecule has 40 heavy (non-hydrogen) atoms. The second-order valence-electron chi connectivity index (χ2n) is 9.30. The van der Waals surface area contributed by atoms with Gasteiger partial charge in [-0.15, -0.1) is 0 Å². The van der Waals surface area contributed by atoms with E-state index in [1.807, 2.05) is 78.9 Å². The van der Waals surface area contributed by atoms with Gasteiger partial charge in [0.15, 0.2) is 0 Å². The number of benzene rings is 5. The van der Waals surface area contributed by atoms with Crippen LogP contribution in [0.3, 0.4) is 0 Å². The number of nitrogens with one attached hydrogen (secondary N) is 1. The van der Waals surface area contributed by atoms with Crippen molar-refractivity contribution in [2.45, 2.75) is 12.1 Å². The Balaban J connectivity index is 1.78. The summed E-state index contributed by atoms with van der Waals surface area (Å²) in [5.74, 6) is 1.51. The first-order chi connectivity index (χ1) is 19.7. The number of hydrogen-bond acceptors (Lipinski definition) is 4. The van der Waals surface area contributed by atoms with Crippen molar-refractivity contribution in [2.24, 2.45) is 0 Å². The molecule has 0 aliphatic rings. The van der Waals surface area contributed by atoms with Gasteiger partial charge < -0.3 is 19.7 Å². The molecule has 5 rings (SSSR count). The van der Waals surface area contributed by atoms with E-state index >= 15 is 0 Å². The Kier molecular flexibility index (Phi) is 8.74. The number of anilines is 2. The lowest BCUT2D eigenvalue weighted by Gasteiger charge is -2.41. The van der Waals surface area contributed by atoms with Gasteiger partial charge in [0.1, 0.15) is 16.5 Å². The number of para-hydroxylation sites is 4. The highest BCUT2D eigenvalue weighted by molar-refractivity contribution is 7.80. The van der Waals surface area contributed by atoms with Gasteiger partial charge in [-0.2, -0.15) is 0 Å². The predicted octanol–water partition coefficient (Wildman–Crippen LogP) is 8.29. The molecule has 2 atom stereocenters. The molecule has 0 bridgehead atoms. The first-order valence-corrected chi connectivity index (χ1v) is 13.6. The Hall–Kier alpha value is -4.61. The summed E-state index contributed by atoms with van der Waals surface area (Å²) in [4.78, 5) is 2.97. The van der Waals surface area contributed by atoms with Crippen LogP contribution in [0.5, 0.6) is 11.5 Å². The van der Waals surface area contributed by atoms with Crippen LogP contribution in [-0.4, -0.2) is 19.2 Å². The smallest absolute Gasteiger partial charge is 0.142 e. The highest BCUT2D eigenvalue weighted by Crippen LogP contribution is 2.48. The van der Waals surface area contributed by atoms with Gasteiger partial charge in [-0.1, -0.05) is 127 Å². The van der Waals surface area contributed by atoms with Crippen LogP contribution < -0.4 is 19.7 Å². The average molecular weight is 545 g/mol. The minimum Gasteiger partial charge on any atom is -0.495 e. The molecular weight excluding hydrogens is 512 g/mol. The van der Waals surface area contributed by atoms with E-state index in [9.17, 15) is 0 Å². The van der Waals surface area contributed by atoms with Crippen LogP contribution in [0.25, 0.3) is 0 Å². The SMILES string of the molecule is COc1ccccc1N(c1ccccc1OC)C(c1ccccc1)C(NC(=S)c1ccccc1)c1ccccc1. The molecule has 0 saturated carbocycles. The van der Waals surface area contributed by atoms with E-state index in [2.05, 4.69) is 70.9 Å². The number of ether oxygens (including phenoxy) is 2. The van der Waals surface area contributed by atoms with E-state index < -0.39 is 0 Å². The standard InChI is InChI=1S/C35H32N2O2S/c1-38-31-24-14-12-22-29(31)37(30-23-13-15-25-32(30)39-2)34(27-18-8-4-9-19-27)33(26-16-6-3-7-17-26)36-35(40)28-20-10-5-11-21-28/h3-25,33-34H,1-2H3,(H,36,40). The van der Waals surface area contributed by atoms with Crippen molar-refractivity contribution in [2.75, 3.05) is 19.1 Å². The maximum absolute atomic E-state index is 6.00. The van der Waals surface area contributed by atoms with Gasteiger partial charge in [0.2, 0.25) is 0 Å². The van der Waals surface area contributed by atoms with Gasteiger partial charge in [-0.05, 0) is 35.4 Å². The fraction of sp³-hybridized carbons (Fsp3) is 0.114. The zero-order valence-corrected chi connectivity index (χ0v) is 23.4. The Labute approximate surface area is 241 Å². The van der Waals surface area contributed by atoms with E-state index in [0.29, 0.717) is 4.99 Å². The number of nitrogens with zero attached hydrogens (tertiary/aromatic N) is 1. The van der Waals surface area contributed by atoms with Crippen molar-refractivity contribution < 1.29 is 9.47 Å². The van der Waals surface area contributed by atoms with E-state index in [1.54, 1.807) is 14.2 Å². The van der Waals surface area contributed by atoms with E-state index in [4.69, 9.17) is 21.7 Å². The van der Waals surface area contributed by atoms with Crippen molar-refractivity contribution >= 4 is 28.6 Å². The lowest BCUT2D eigenvalue weighted by molar-refractivity contribution is 0.405. The molecule has 0 heterocycles. The third kappa shape index (κ3) is 5.85. The number of hydrogen-bond donors (Lipinski definition) is 1. The molecule has 5 aromatic rings. The van der Waals surface area contributed by atoms with Crippen molar-refractivity contribution in [1.29, 1.82) is 0 Å². The Morgan fingerprint density at radius 1 is 0.575 bits per heavy atom. The summed E-state index contributed by atoms with van der Waals surface area (Å²) >= 11 is 6.00. The van der Waals surface area contributed by atoms with Crippen LogP contribution in [0.2, 0.25) is 0 Å². The normalized spacial score (nSPS) is 12.2. The van der Waals surface area contributed by atoms with Gasteiger partial charge in [-0.3, -0.25) is 0 Å². The number of thiocarbonyl (C=S) groups is 1. The molecule has 0 aliphatic carbocycles. The highest BCUT2D eigenvalue weighted by Gasteiger charge is 2.35. The summed E-state index contributed by atoms with van der Waals surface area (Å²) < 4.78 is 11.8. The topological polar surface area (TPSA) is 33.7 Å². The van der Waals surface area contributed by atoms with Crippen LogP contribution in [0.15, 0.2) is 140 Å². The van der Waals surface area contributed by atoms with Crippen LogP contribution in [0, 0.1) is 0 Å². The van der Waals surface area contributed by atoms with Crippen molar-refractivity contribution in [3.05, 3.63) is 156 Å². The van der Waals surface area contributed by atoms with Gasteiger partial charge in [0.05, 0.1) is 37.7 Å². The van der Waals surface area contributed by atoms with Crippen LogP contribution >= 0.6 is 12.2 Å². The summed E-state index contributed by atoms with van der Waals surface area (Å²) in [7, 11) is 3.41. The molecule has 5 aromatic carbocycles. The van der Waals surface area contributed by atoms with Crippen molar-refractivity contribution in [1.82, 2.24) is 5.32 Å². The van der Waals surface area contributed by atoms with Gasteiger partial charge in [-0.25, -0.2) is 0 Å². The number of methoxy groups -OCH3 is 2. The zero-order chi connectivity index (χ0) is 27.7. The first kappa shape index (κ1) is 27.0. The lowest BCUT2D eigenvalue weighted by Crippen LogP contribution is -2.39. The second-order valence-corrected chi connectivity index (χ2v) is 9.71. The molecule has 2 unspecified atom stereocenters. The third-order valence-electron chi connectivity index (χ3n) is 6.91. The predicted molar refractivity (Wildman–Crippen MR) is 168 cm³/mol. The van der Waals surface area contributed by atoms with Crippen molar-refractivity contribution in [3.8, 4) is 11.5 Å². The first-order valence-electron chi connectivity index (χ1n) is 13.2. The molecule has 0 radical (unpaired) electrons. The largest absolute Gasteiger partial charge is 0.495 e. The van der Waals surface area contributed by atoms with E-state index in [1.165, 1.54) is 0 Å². The zero-order valence-electron chi connectivity index (χ0n) is 22.6. The van der Waals surface area contributed by atoms with Gasteiger partial charge in [0.25, 0.3) is 0 Å². The minimum absolute atomic E-state index is 0.244. The molecule has 5 heteroatoms.